The fraction of sp³-hybridized carbons (Fsp3) is 0.600. The van der Waals surface area contributed by atoms with Gasteiger partial charge in [-0.2, -0.15) is 0 Å². The SMILES string of the molecule is CCCC1CC(F)C(c2ccc(B(O)O)cc2)C(F)C1. The van der Waals surface area contributed by atoms with Gasteiger partial charge >= 0.3 is 7.12 Å². The van der Waals surface area contributed by atoms with Crippen molar-refractivity contribution < 1.29 is 18.8 Å². The molecule has 110 valence electrons. The molecule has 1 aromatic carbocycles. The van der Waals surface area contributed by atoms with E-state index in [2.05, 4.69) is 0 Å². The highest BCUT2D eigenvalue weighted by atomic mass is 19.1. The summed E-state index contributed by atoms with van der Waals surface area (Å²) < 4.78 is 28.6. The molecule has 0 aliphatic heterocycles. The Morgan fingerprint density at radius 3 is 2.10 bits per heavy atom. The van der Waals surface area contributed by atoms with Gasteiger partial charge in [-0.15, -0.1) is 0 Å². The standard InChI is InChI=1S/C15H21BF2O2/c1-2-3-10-8-13(17)15(14(18)9-10)11-4-6-12(7-5-11)16(19)20/h4-7,10,13-15,19-20H,2-3,8-9H2,1H3. The molecule has 2 rings (SSSR count). The maximum Gasteiger partial charge on any atom is 0.488 e. The Morgan fingerprint density at radius 1 is 1.10 bits per heavy atom. The van der Waals surface area contributed by atoms with Crippen molar-refractivity contribution in [2.45, 2.75) is 50.9 Å². The minimum absolute atomic E-state index is 0.139. The lowest BCUT2D eigenvalue weighted by atomic mass is 9.73. The van der Waals surface area contributed by atoms with Gasteiger partial charge in [-0.3, -0.25) is 0 Å². The van der Waals surface area contributed by atoms with Crippen molar-refractivity contribution in [2.24, 2.45) is 5.92 Å². The van der Waals surface area contributed by atoms with E-state index >= 15 is 0 Å². The van der Waals surface area contributed by atoms with Gasteiger partial charge in [0.15, 0.2) is 0 Å². The molecule has 2 nitrogen and oxygen atoms in total. The predicted molar refractivity (Wildman–Crippen MR) is 76.4 cm³/mol. The summed E-state index contributed by atoms with van der Waals surface area (Å²) in [7, 11) is -1.55. The maximum absolute atomic E-state index is 14.3. The van der Waals surface area contributed by atoms with E-state index < -0.39 is 25.4 Å². The molecule has 0 saturated heterocycles. The Kier molecular flexibility index (Phi) is 5.16. The highest BCUT2D eigenvalue weighted by Gasteiger charge is 2.38. The Morgan fingerprint density at radius 2 is 1.65 bits per heavy atom. The highest BCUT2D eigenvalue weighted by molar-refractivity contribution is 6.58. The molecule has 1 fully saturated rings. The fourth-order valence-electron chi connectivity index (χ4n) is 3.20. The zero-order chi connectivity index (χ0) is 14.7. The second-order valence-electron chi connectivity index (χ2n) is 5.72. The zero-order valence-electron chi connectivity index (χ0n) is 11.7. The average molecular weight is 282 g/mol. The number of rotatable bonds is 4. The largest absolute Gasteiger partial charge is 0.488 e. The lowest BCUT2D eigenvalue weighted by Gasteiger charge is -2.35. The molecule has 2 unspecified atom stereocenters. The van der Waals surface area contributed by atoms with Crippen LogP contribution in [-0.4, -0.2) is 29.5 Å². The molecule has 1 aliphatic carbocycles. The Hall–Kier alpha value is -0.935. The molecule has 1 saturated carbocycles. The summed E-state index contributed by atoms with van der Waals surface area (Å²) in [5.74, 6) is -0.590. The van der Waals surface area contributed by atoms with Gasteiger partial charge in [-0.05, 0) is 29.8 Å². The minimum Gasteiger partial charge on any atom is -0.423 e. The normalized spacial score (nSPS) is 30.2. The van der Waals surface area contributed by atoms with Crippen LogP contribution in [0.2, 0.25) is 0 Å². The quantitative estimate of drug-likeness (QED) is 0.832. The van der Waals surface area contributed by atoms with Crippen molar-refractivity contribution in [3.05, 3.63) is 29.8 Å². The van der Waals surface area contributed by atoms with Gasteiger partial charge in [0.25, 0.3) is 0 Å². The van der Waals surface area contributed by atoms with Crippen LogP contribution in [0.3, 0.4) is 0 Å². The van der Waals surface area contributed by atoms with Crippen molar-refractivity contribution >= 4 is 12.6 Å². The highest BCUT2D eigenvalue weighted by Crippen LogP contribution is 2.41. The molecule has 0 amide bonds. The van der Waals surface area contributed by atoms with Crippen LogP contribution >= 0.6 is 0 Å². The van der Waals surface area contributed by atoms with Crippen molar-refractivity contribution in [2.75, 3.05) is 0 Å². The first-order valence-corrected chi connectivity index (χ1v) is 7.27. The minimum atomic E-state index is -1.55. The number of benzene rings is 1. The third kappa shape index (κ3) is 3.39. The molecular formula is C15H21BF2O2. The summed E-state index contributed by atoms with van der Waals surface area (Å²) in [6.07, 6.45) is 0.341. The van der Waals surface area contributed by atoms with Gasteiger partial charge in [-0.1, -0.05) is 44.0 Å². The lowest BCUT2D eigenvalue weighted by molar-refractivity contribution is 0.0830. The summed E-state index contributed by atoms with van der Waals surface area (Å²) in [5, 5.41) is 18.1. The smallest absolute Gasteiger partial charge is 0.423 e. The van der Waals surface area contributed by atoms with Gasteiger partial charge in [0.2, 0.25) is 0 Å². The second kappa shape index (κ2) is 6.68. The molecule has 0 aromatic heterocycles. The topological polar surface area (TPSA) is 40.5 Å². The van der Waals surface area contributed by atoms with Crippen molar-refractivity contribution in [1.29, 1.82) is 0 Å². The summed E-state index contributed by atoms with van der Waals surface area (Å²) in [6.45, 7) is 2.03. The van der Waals surface area contributed by atoms with Gasteiger partial charge in [0.05, 0.1) is 0 Å². The zero-order valence-corrected chi connectivity index (χ0v) is 11.7. The molecule has 1 aromatic rings. The Balaban J connectivity index is 2.11. The molecule has 0 radical (unpaired) electrons. The first-order chi connectivity index (χ1) is 9.52. The molecule has 0 spiro atoms. The monoisotopic (exact) mass is 282 g/mol. The van der Waals surface area contributed by atoms with E-state index in [1.54, 1.807) is 12.1 Å². The summed E-state index contributed by atoms with van der Waals surface area (Å²) in [5.41, 5.74) is 0.934. The molecule has 2 N–H and O–H groups in total. The van der Waals surface area contributed by atoms with Crippen molar-refractivity contribution in [3.63, 3.8) is 0 Å². The van der Waals surface area contributed by atoms with Crippen LogP contribution in [0, 0.1) is 5.92 Å². The van der Waals surface area contributed by atoms with Gasteiger partial charge in [0.1, 0.15) is 12.3 Å². The predicted octanol–water partition coefficient (Wildman–Crippen LogP) is 2.34. The molecule has 5 heteroatoms. The van der Waals surface area contributed by atoms with Crippen molar-refractivity contribution in [3.8, 4) is 0 Å². The van der Waals surface area contributed by atoms with Crippen LogP contribution in [0.4, 0.5) is 8.78 Å². The van der Waals surface area contributed by atoms with Gasteiger partial charge in [0, 0.05) is 5.92 Å². The van der Waals surface area contributed by atoms with Crippen LogP contribution in [0.1, 0.15) is 44.1 Å². The summed E-state index contributed by atoms with van der Waals surface area (Å²) >= 11 is 0. The third-order valence-electron chi connectivity index (χ3n) is 4.21. The summed E-state index contributed by atoms with van der Waals surface area (Å²) in [4.78, 5) is 0. The Labute approximate surface area is 119 Å². The first kappa shape index (κ1) is 15.5. The van der Waals surface area contributed by atoms with Crippen LogP contribution in [-0.2, 0) is 0 Å². The Bertz CT molecular complexity index is 412. The number of halogens is 2. The van der Waals surface area contributed by atoms with E-state index in [0.29, 0.717) is 23.9 Å². The maximum atomic E-state index is 14.3. The van der Waals surface area contributed by atoms with E-state index in [0.717, 1.165) is 12.8 Å². The van der Waals surface area contributed by atoms with E-state index in [-0.39, 0.29) is 5.92 Å². The van der Waals surface area contributed by atoms with Crippen LogP contribution in [0.5, 0.6) is 0 Å². The molecule has 1 aliphatic rings. The lowest BCUT2D eigenvalue weighted by Crippen LogP contribution is -2.34. The molecular weight excluding hydrogens is 261 g/mol. The van der Waals surface area contributed by atoms with E-state index in [1.807, 2.05) is 6.92 Å². The number of hydrogen-bond donors (Lipinski definition) is 2. The van der Waals surface area contributed by atoms with E-state index in [4.69, 9.17) is 10.0 Å². The molecule has 0 bridgehead atoms. The first-order valence-electron chi connectivity index (χ1n) is 7.27. The third-order valence-corrected chi connectivity index (χ3v) is 4.21. The molecule has 2 atom stereocenters. The van der Waals surface area contributed by atoms with Gasteiger partial charge in [-0.25, -0.2) is 8.78 Å². The van der Waals surface area contributed by atoms with E-state index in [9.17, 15) is 8.78 Å². The molecule has 20 heavy (non-hydrogen) atoms. The fourth-order valence-corrected chi connectivity index (χ4v) is 3.20. The van der Waals surface area contributed by atoms with Crippen molar-refractivity contribution in [1.82, 2.24) is 0 Å². The number of alkyl halides is 2. The number of hydrogen-bond acceptors (Lipinski definition) is 2. The van der Waals surface area contributed by atoms with Crippen LogP contribution in [0.15, 0.2) is 24.3 Å². The average Bonchev–Trinajstić information content (AvgIpc) is 2.39. The van der Waals surface area contributed by atoms with Gasteiger partial charge < -0.3 is 10.0 Å². The molecule has 0 heterocycles. The second-order valence-corrected chi connectivity index (χ2v) is 5.72. The van der Waals surface area contributed by atoms with Crippen LogP contribution < -0.4 is 5.46 Å². The van der Waals surface area contributed by atoms with Crippen LogP contribution in [0.25, 0.3) is 0 Å². The summed E-state index contributed by atoms with van der Waals surface area (Å²) in [6, 6.07) is 6.21. The van der Waals surface area contributed by atoms with E-state index in [1.165, 1.54) is 12.1 Å².